The molecular weight excluding hydrogens is 350 g/mol. The standard InChI is InChI=1S/C21H20F2N2O2/c1-14(17-10-9-16(22)12-18(17)23)25-20(26)13-24-21(19-8-5-11-27-19)15-6-3-2-4-7-15/h2-12,14,21,24H,13H2,1H3,(H,25,26)/t14-,21-/m1/s1. The largest absolute Gasteiger partial charge is 0.467 e. The molecule has 4 nitrogen and oxygen atoms in total. The van der Waals surface area contributed by atoms with Gasteiger partial charge in [0.2, 0.25) is 5.91 Å². The normalized spacial score (nSPS) is 13.1. The molecule has 27 heavy (non-hydrogen) atoms. The molecule has 1 aromatic heterocycles. The molecule has 3 rings (SSSR count). The molecule has 0 aliphatic rings. The number of amides is 1. The minimum absolute atomic E-state index is 0.00736. The Labute approximate surface area is 156 Å². The third kappa shape index (κ3) is 4.80. The van der Waals surface area contributed by atoms with Crippen molar-refractivity contribution in [3.05, 3.63) is 95.4 Å². The lowest BCUT2D eigenvalue weighted by atomic mass is 10.0. The fourth-order valence-electron chi connectivity index (χ4n) is 2.90. The Morgan fingerprint density at radius 1 is 1.07 bits per heavy atom. The summed E-state index contributed by atoms with van der Waals surface area (Å²) in [5.74, 6) is -0.959. The number of benzene rings is 2. The Balaban J connectivity index is 1.64. The minimum Gasteiger partial charge on any atom is -0.467 e. The van der Waals surface area contributed by atoms with Crippen molar-refractivity contribution in [2.75, 3.05) is 6.54 Å². The van der Waals surface area contributed by atoms with Gasteiger partial charge in [0.25, 0.3) is 0 Å². The molecule has 2 atom stereocenters. The Morgan fingerprint density at radius 2 is 1.85 bits per heavy atom. The second kappa shape index (κ2) is 8.60. The molecule has 0 saturated heterocycles. The zero-order chi connectivity index (χ0) is 19.2. The number of nitrogens with one attached hydrogen (secondary N) is 2. The van der Waals surface area contributed by atoms with Crippen LogP contribution in [-0.2, 0) is 4.79 Å². The summed E-state index contributed by atoms with van der Waals surface area (Å²) >= 11 is 0. The summed E-state index contributed by atoms with van der Waals surface area (Å²) in [6.45, 7) is 1.66. The van der Waals surface area contributed by atoms with Crippen LogP contribution in [0.25, 0.3) is 0 Å². The van der Waals surface area contributed by atoms with Gasteiger partial charge < -0.3 is 9.73 Å². The van der Waals surface area contributed by atoms with Crippen molar-refractivity contribution in [2.45, 2.75) is 19.0 Å². The lowest BCUT2D eigenvalue weighted by molar-refractivity contribution is -0.121. The molecule has 0 fully saturated rings. The highest BCUT2D eigenvalue weighted by atomic mass is 19.1. The van der Waals surface area contributed by atoms with E-state index in [9.17, 15) is 13.6 Å². The number of halogens is 2. The van der Waals surface area contributed by atoms with Crippen LogP contribution in [0.4, 0.5) is 8.78 Å². The van der Waals surface area contributed by atoms with Gasteiger partial charge in [0.1, 0.15) is 17.4 Å². The monoisotopic (exact) mass is 370 g/mol. The van der Waals surface area contributed by atoms with Gasteiger partial charge >= 0.3 is 0 Å². The van der Waals surface area contributed by atoms with Gasteiger partial charge in [-0.3, -0.25) is 10.1 Å². The number of hydrogen-bond acceptors (Lipinski definition) is 3. The first-order chi connectivity index (χ1) is 13.0. The lowest BCUT2D eigenvalue weighted by Gasteiger charge is -2.19. The van der Waals surface area contributed by atoms with E-state index in [1.165, 1.54) is 12.1 Å². The summed E-state index contributed by atoms with van der Waals surface area (Å²) in [4.78, 5) is 12.3. The predicted molar refractivity (Wildman–Crippen MR) is 97.9 cm³/mol. The smallest absolute Gasteiger partial charge is 0.234 e. The van der Waals surface area contributed by atoms with Crippen molar-refractivity contribution in [1.29, 1.82) is 0 Å². The molecule has 0 aliphatic heterocycles. The van der Waals surface area contributed by atoms with Gasteiger partial charge in [-0.2, -0.15) is 0 Å². The molecule has 0 radical (unpaired) electrons. The lowest BCUT2D eigenvalue weighted by Crippen LogP contribution is -2.37. The number of carbonyl (C=O) groups excluding carboxylic acids is 1. The minimum atomic E-state index is -0.687. The van der Waals surface area contributed by atoms with Gasteiger partial charge in [-0.05, 0) is 30.7 Å². The fourth-order valence-corrected chi connectivity index (χ4v) is 2.90. The molecule has 3 aromatic rings. The Kier molecular flexibility index (Phi) is 5.98. The Hall–Kier alpha value is -2.99. The van der Waals surface area contributed by atoms with E-state index in [4.69, 9.17) is 4.42 Å². The van der Waals surface area contributed by atoms with Crippen LogP contribution in [0.5, 0.6) is 0 Å². The van der Waals surface area contributed by atoms with Crippen molar-refractivity contribution in [1.82, 2.24) is 10.6 Å². The molecule has 0 saturated carbocycles. The highest BCUT2D eigenvalue weighted by Gasteiger charge is 2.19. The van der Waals surface area contributed by atoms with E-state index in [1.807, 2.05) is 36.4 Å². The van der Waals surface area contributed by atoms with Crippen molar-refractivity contribution in [3.8, 4) is 0 Å². The SMILES string of the molecule is C[C@@H](NC(=O)CN[C@H](c1ccccc1)c1ccco1)c1ccc(F)cc1F. The summed E-state index contributed by atoms with van der Waals surface area (Å²) in [7, 11) is 0. The van der Waals surface area contributed by atoms with E-state index in [-0.39, 0.29) is 24.1 Å². The summed E-state index contributed by atoms with van der Waals surface area (Å²) in [5.41, 5.74) is 1.19. The molecule has 140 valence electrons. The van der Waals surface area contributed by atoms with Crippen LogP contribution >= 0.6 is 0 Å². The molecular formula is C21H20F2N2O2. The molecule has 0 unspecified atom stereocenters. The summed E-state index contributed by atoms with van der Waals surface area (Å²) < 4.78 is 32.4. The average Bonchev–Trinajstić information content (AvgIpc) is 3.17. The maximum Gasteiger partial charge on any atom is 0.234 e. The summed E-state index contributed by atoms with van der Waals surface area (Å²) in [6, 6.07) is 15.7. The number of hydrogen-bond donors (Lipinski definition) is 2. The molecule has 2 aromatic carbocycles. The first kappa shape index (κ1) is 18.8. The second-order valence-corrected chi connectivity index (χ2v) is 6.20. The van der Waals surface area contributed by atoms with E-state index in [0.717, 1.165) is 11.6 Å². The third-order valence-electron chi connectivity index (χ3n) is 4.23. The quantitative estimate of drug-likeness (QED) is 0.658. The van der Waals surface area contributed by atoms with Gasteiger partial charge in [-0.15, -0.1) is 0 Å². The molecule has 1 heterocycles. The van der Waals surface area contributed by atoms with E-state index in [1.54, 1.807) is 19.3 Å². The maximum atomic E-state index is 13.9. The molecule has 2 N–H and O–H groups in total. The molecule has 0 spiro atoms. The second-order valence-electron chi connectivity index (χ2n) is 6.20. The van der Waals surface area contributed by atoms with Crippen molar-refractivity contribution in [2.24, 2.45) is 0 Å². The maximum absolute atomic E-state index is 13.9. The molecule has 0 aliphatic carbocycles. The van der Waals surface area contributed by atoms with Crippen LogP contribution in [0.3, 0.4) is 0 Å². The molecule has 1 amide bonds. The molecule has 0 bridgehead atoms. The zero-order valence-electron chi connectivity index (χ0n) is 14.8. The highest BCUT2D eigenvalue weighted by Crippen LogP contribution is 2.22. The van der Waals surface area contributed by atoms with Gasteiger partial charge in [0.05, 0.1) is 24.9 Å². The van der Waals surface area contributed by atoms with Gasteiger partial charge in [0.15, 0.2) is 0 Å². The third-order valence-corrected chi connectivity index (χ3v) is 4.23. The zero-order valence-corrected chi connectivity index (χ0v) is 14.8. The highest BCUT2D eigenvalue weighted by molar-refractivity contribution is 5.78. The van der Waals surface area contributed by atoms with E-state index in [2.05, 4.69) is 10.6 Å². The van der Waals surface area contributed by atoms with Crippen molar-refractivity contribution >= 4 is 5.91 Å². The Morgan fingerprint density at radius 3 is 2.52 bits per heavy atom. The fraction of sp³-hybridized carbons (Fsp3) is 0.190. The van der Waals surface area contributed by atoms with E-state index >= 15 is 0 Å². The van der Waals surface area contributed by atoms with Crippen molar-refractivity contribution < 1.29 is 18.0 Å². The Bertz CT molecular complexity index is 882. The first-order valence-electron chi connectivity index (χ1n) is 8.60. The summed E-state index contributed by atoms with van der Waals surface area (Å²) in [6.07, 6.45) is 1.58. The van der Waals surface area contributed by atoms with Crippen LogP contribution in [0.2, 0.25) is 0 Å². The number of furan rings is 1. The van der Waals surface area contributed by atoms with Gasteiger partial charge in [-0.1, -0.05) is 36.4 Å². The van der Waals surface area contributed by atoms with E-state index < -0.39 is 17.7 Å². The number of carbonyl (C=O) groups is 1. The van der Waals surface area contributed by atoms with Crippen LogP contribution in [0, 0.1) is 11.6 Å². The van der Waals surface area contributed by atoms with Gasteiger partial charge in [-0.25, -0.2) is 8.78 Å². The van der Waals surface area contributed by atoms with Crippen LogP contribution in [0.1, 0.15) is 35.9 Å². The average molecular weight is 370 g/mol. The summed E-state index contributed by atoms with van der Waals surface area (Å²) in [5, 5.41) is 5.87. The first-order valence-corrected chi connectivity index (χ1v) is 8.60. The number of rotatable bonds is 7. The van der Waals surface area contributed by atoms with Gasteiger partial charge in [0, 0.05) is 11.6 Å². The van der Waals surface area contributed by atoms with E-state index in [0.29, 0.717) is 5.76 Å². The van der Waals surface area contributed by atoms with Crippen LogP contribution in [0.15, 0.2) is 71.3 Å². The topological polar surface area (TPSA) is 54.3 Å². The van der Waals surface area contributed by atoms with Crippen LogP contribution in [-0.4, -0.2) is 12.5 Å². The predicted octanol–water partition coefficient (Wildman–Crippen LogP) is 4.11. The molecule has 6 heteroatoms. The van der Waals surface area contributed by atoms with Crippen molar-refractivity contribution in [3.63, 3.8) is 0 Å². The van der Waals surface area contributed by atoms with Crippen LogP contribution < -0.4 is 10.6 Å².